The summed E-state index contributed by atoms with van der Waals surface area (Å²) in [6.45, 7) is 1.82. The van der Waals surface area contributed by atoms with Gasteiger partial charge in [0.05, 0.1) is 0 Å². The van der Waals surface area contributed by atoms with Crippen LogP contribution in [0.1, 0.15) is 12.5 Å². The quantitative estimate of drug-likeness (QED) is 0.637. The second-order valence-corrected chi connectivity index (χ2v) is 1.95. The van der Waals surface area contributed by atoms with Crippen molar-refractivity contribution >= 4 is 18.2 Å². The predicted octanol–water partition coefficient (Wildman–Crippen LogP) is 1.80. The summed E-state index contributed by atoms with van der Waals surface area (Å²) in [6.07, 6.45) is 4.57. The molecular weight excluding hydrogens is 138 g/mol. The second kappa shape index (κ2) is 3.61. The zero-order chi connectivity index (χ0) is 8.10. The molecule has 0 saturated heterocycles. The number of aliphatic imine (C=N–C) groups is 1. The summed E-state index contributed by atoms with van der Waals surface area (Å²) in [7, 11) is 0. The Bertz CT molecular complexity index is 278. The van der Waals surface area contributed by atoms with Crippen LogP contribution < -0.4 is 0 Å². The van der Waals surface area contributed by atoms with Crippen molar-refractivity contribution < 1.29 is 0 Å². The molecule has 0 unspecified atom stereocenters. The molecule has 0 aliphatic rings. The summed E-state index contributed by atoms with van der Waals surface area (Å²) >= 11 is 0. The molecule has 0 fully saturated rings. The van der Waals surface area contributed by atoms with E-state index in [9.17, 15) is 0 Å². The molecule has 1 aromatic rings. The molecule has 3 nitrogen and oxygen atoms in total. The van der Waals surface area contributed by atoms with Gasteiger partial charge in [-0.2, -0.15) is 0 Å². The fourth-order valence-electron chi connectivity index (χ4n) is 0.752. The summed E-state index contributed by atoms with van der Waals surface area (Å²) in [4.78, 5) is 7.98. The van der Waals surface area contributed by atoms with Crippen LogP contribution >= 0.6 is 0 Å². The van der Waals surface area contributed by atoms with Crippen LogP contribution in [0.2, 0.25) is 0 Å². The third-order valence-corrected chi connectivity index (χ3v) is 1.22. The molecule has 0 aromatic carbocycles. The van der Waals surface area contributed by atoms with Crippen LogP contribution in [0.3, 0.4) is 0 Å². The van der Waals surface area contributed by atoms with Gasteiger partial charge in [-0.3, -0.25) is 0 Å². The van der Waals surface area contributed by atoms with Crippen molar-refractivity contribution in [2.24, 2.45) is 4.99 Å². The summed E-state index contributed by atoms with van der Waals surface area (Å²) < 4.78 is 0. The first-order valence-electron chi connectivity index (χ1n) is 3.32. The molecule has 0 saturated carbocycles. The van der Waals surface area contributed by atoms with Crippen molar-refractivity contribution in [3.05, 3.63) is 23.9 Å². The first-order valence-corrected chi connectivity index (χ1v) is 3.32. The van der Waals surface area contributed by atoms with Gasteiger partial charge in [-0.25, -0.2) is 9.98 Å². The lowest BCUT2D eigenvalue weighted by Gasteiger charge is -1.94. The number of aromatic nitrogens is 1. The summed E-state index contributed by atoms with van der Waals surface area (Å²) in [5.41, 5.74) is 0.741. The van der Waals surface area contributed by atoms with E-state index in [1.165, 1.54) is 6.21 Å². The molecule has 1 aromatic heterocycles. The summed E-state index contributed by atoms with van der Waals surface area (Å²) in [6, 6.07) is 3.59. The molecule has 1 N–H and O–H groups in total. The summed E-state index contributed by atoms with van der Waals surface area (Å²) in [5.74, 6) is 0.602. The highest BCUT2D eigenvalue weighted by molar-refractivity contribution is 5.83. The molecule has 3 heteroatoms. The van der Waals surface area contributed by atoms with Gasteiger partial charge in [0.2, 0.25) is 0 Å². The van der Waals surface area contributed by atoms with Crippen LogP contribution in [0.25, 0.3) is 0 Å². The van der Waals surface area contributed by atoms with E-state index in [-0.39, 0.29) is 0 Å². The number of hydrogen-bond donors (Lipinski definition) is 1. The largest absolute Gasteiger partial charge is 0.308 e. The van der Waals surface area contributed by atoms with Crippen molar-refractivity contribution in [2.75, 3.05) is 0 Å². The third kappa shape index (κ3) is 1.70. The standard InChI is InChI=1S/C8H9N3/c1-2-10-8-7(6-9)4-3-5-11-8/h2-6,9H,1H3. The number of rotatable bonds is 2. The van der Waals surface area contributed by atoms with Gasteiger partial charge < -0.3 is 5.41 Å². The van der Waals surface area contributed by atoms with Crippen molar-refractivity contribution in [1.82, 2.24) is 4.98 Å². The van der Waals surface area contributed by atoms with Gasteiger partial charge in [-0.05, 0) is 19.1 Å². The summed E-state index contributed by atoms with van der Waals surface area (Å²) in [5, 5.41) is 7.02. The lowest BCUT2D eigenvalue weighted by atomic mass is 10.3. The fraction of sp³-hybridized carbons (Fsp3) is 0.125. The van der Waals surface area contributed by atoms with Gasteiger partial charge in [-0.1, -0.05) is 0 Å². The minimum atomic E-state index is 0.602. The zero-order valence-electron chi connectivity index (χ0n) is 6.28. The lowest BCUT2D eigenvalue weighted by molar-refractivity contribution is 1.27. The van der Waals surface area contributed by atoms with E-state index in [1.807, 2.05) is 13.0 Å². The molecule has 0 bridgehead atoms. The SMILES string of the molecule is CC=Nc1ncccc1C=N. The van der Waals surface area contributed by atoms with E-state index < -0.39 is 0 Å². The number of nitrogens with one attached hydrogen (secondary N) is 1. The van der Waals surface area contributed by atoms with E-state index in [4.69, 9.17) is 5.41 Å². The molecule has 0 radical (unpaired) electrons. The van der Waals surface area contributed by atoms with Crippen LogP contribution in [0.5, 0.6) is 0 Å². The third-order valence-electron chi connectivity index (χ3n) is 1.22. The van der Waals surface area contributed by atoms with Gasteiger partial charge in [-0.15, -0.1) is 0 Å². The first kappa shape index (κ1) is 7.60. The highest BCUT2D eigenvalue weighted by atomic mass is 14.9. The maximum absolute atomic E-state index is 7.02. The Labute approximate surface area is 65.3 Å². The van der Waals surface area contributed by atoms with Gasteiger partial charge in [0.1, 0.15) is 0 Å². The van der Waals surface area contributed by atoms with E-state index in [2.05, 4.69) is 9.98 Å². The maximum atomic E-state index is 7.02. The van der Waals surface area contributed by atoms with E-state index in [0.29, 0.717) is 5.82 Å². The van der Waals surface area contributed by atoms with Gasteiger partial charge in [0.15, 0.2) is 5.82 Å². The van der Waals surface area contributed by atoms with Crippen LogP contribution in [-0.2, 0) is 0 Å². The Balaban J connectivity index is 3.11. The minimum absolute atomic E-state index is 0.602. The highest BCUT2D eigenvalue weighted by Crippen LogP contribution is 2.10. The molecule has 0 amide bonds. The van der Waals surface area contributed by atoms with Crippen molar-refractivity contribution in [1.29, 1.82) is 5.41 Å². The smallest absolute Gasteiger partial charge is 0.160 e. The molecule has 0 spiro atoms. The van der Waals surface area contributed by atoms with E-state index >= 15 is 0 Å². The molecule has 1 heterocycles. The molecule has 0 atom stereocenters. The van der Waals surface area contributed by atoms with Crippen LogP contribution in [0.4, 0.5) is 5.82 Å². The van der Waals surface area contributed by atoms with Crippen LogP contribution in [-0.4, -0.2) is 17.4 Å². The Kier molecular flexibility index (Phi) is 2.49. The first-order chi connectivity index (χ1) is 5.38. The molecule has 0 aliphatic carbocycles. The lowest BCUT2D eigenvalue weighted by Crippen LogP contribution is -1.83. The average Bonchev–Trinajstić information content (AvgIpc) is 2.06. The minimum Gasteiger partial charge on any atom is -0.308 e. The number of pyridine rings is 1. The Hall–Kier alpha value is -1.51. The van der Waals surface area contributed by atoms with Gasteiger partial charge in [0.25, 0.3) is 0 Å². The molecule has 11 heavy (non-hydrogen) atoms. The van der Waals surface area contributed by atoms with Gasteiger partial charge >= 0.3 is 0 Å². The van der Waals surface area contributed by atoms with Crippen LogP contribution in [0.15, 0.2) is 23.3 Å². The van der Waals surface area contributed by atoms with Crippen molar-refractivity contribution in [2.45, 2.75) is 6.92 Å². The zero-order valence-corrected chi connectivity index (χ0v) is 6.28. The Morgan fingerprint density at radius 2 is 2.45 bits per heavy atom. The maximum Gasteiger partial charge on any atom is 0.160 e. The molecule has 0 aliphatic heterocycles. The Morgan fingerprint density at radius 3 is 3.09 bits per heavy atom. The van der Waals surface area contributed by atoms with E-state index in [1.54, 1.807) is 18.5 Å². The second-order valence-electron chi connectivity index (χ2n) is 1.95. The monoisotopic (exact) mass is 147 g/mol. The fourth-order valence-corrected chi connectivity index (χ4v) is 0.752. The number of nitrogens with zero attached hydrogens (tertiary/aromatic N) is 2. The predicted molar refractivity (Wildman–Crippen MR) is 45.9 cm³/mol. The molecular formula is C8H9N3. The van der Waals surface area contributed by atoms with Crippen LogP contribution in [0, 0.1) is 5.41 Å². The molecule has 56 valence electrons. The normalized spacial score (nSPS) is 10.3. The Morgan fingerprint density at radius 1 is 1.64 bits per heavy atom. The average molecular weight is 147 g/mol. The van der Waals surface area contributed by atoms with Crippen molar-refractivity contribution in [3.63, 3.8) is 0 Å². The highest BCUT2D eigenvalue weighted by Gasteiger charge is 1.94. The van der Waals surface area contributed by atoms with Crippen molar-refractivity contribution in [3.8, 4) is 0 Å². The van der Waals surface area contributed by atoms with E-state index in [0.717, 1.165) is 5.56 Å². The van der Waals surface area contributed by atoms with Gasteiger partial charge in [0, 0.05) is 24.2 Å². The topological polar surface area (TPSA) is 49.1 Å². The molecule has 1 rings (SSSR count). The number of hydrogen-bond acceptors (Lipinski definition) is 3.